The quantitative estimate of drug-likeness (QED) is 0.927. The highest BCUT2D eigenvalue weighted by Crippen LogP contribution is 2.55. The van der Waals surface area contributed by atoms with E-state index in [1.165, 1.54) is 6.07 Å². The van der Waals surface area contributed by atoms with E-state index in [-0.39, 0.29) is 24.4 Å². The predicted molar refractivity (Wildman–Crippen MR) is 77.3 cm³/mol. The van der Waals surface area contributed by atoms with Gasteiger partial charge in [-0.2, -0.15) is 0 Å². The van der Waals surface area contributed by atoms with Gasteiger partial charge in [0.25, 0.3) is 0 Å². The van der Waals surface area contributed by atoms with E-state index in [1.807, 2.05) is 6.92 Å². The molecule has 2 bridgehead atoms. The summed E-state index contributed by atoms with van der Waals surface area (Å²) in [6.45, 7) is 6.35. The van der Waals surface area contributed by atoms with Gasteiger partial charge >= 0.3 is 0 Å². The molecule has 2 aliphatic rings. The fraction of sp³-hybridized carbons (Fsp3) is 0.647. The molecule has 0 unspecified atom stereocenters. The number of hydrogen-bond donors (Lipinski definition) is 1. The zero-order valence-corrected chi connectivity index (χ0v) is 12.8. The van der Waals surface area contributed by atoms with Crippen LogP contribution in [0.1, 0.15) is 39.2 Å². The number of benzene rings is 1. The van der Waals surface area contributed by atoms with Crippen molar-refractivity contribution in [1.82, 2.24) is 0 Å². The van der Waals surface area contributed by atoms with Crippen molar-refractivity contribution in [2.75, 3.05) is 0 Å². The van der Waals surface area contributed by atoms with E-state index in [1.54, 1.807) is 18.2 Å². The molecule has 0 spiro atoms. The molecule has 0 aliphatic carbocycles. The fourth-order valence-electron chi connectivity index (χ4n) is 3.76. The molecule has 3 rings (SSSR count). The molecule has 116 valence electrons. The molecular formula is C17H23FO3. The van der Waals surface area contributed by atoms with Crippen LogP contribution in [0.25, 0.3) is 0 Å². The SMILES string of the molecule is CC(C)[C@]12C[C@@H](OCc3ccccc3F)[C@](C)(C[C@@H]1O)O2. The van der Waals surface area contributed by atoms with Crippen LogP contribution in [0.3, 0.4) is 0 Å². The smallest absolute Gasteiger partial charge is 0.128 e. The molecule has 21 heavy (non-hydrogen) atoms. The minimum Gasteiger partial charge on any atom is -0.390 e. The Kier molecular flexibility index (Phi) is 3.59. The summed E-state index contributed by atoms with van der Waals surface area (Å²) in [7, 11) is 0. The molecule has 3 nitrogen and oxygen atoms in total. The highest BCUT2D eigenvalue weighted by molar-refractivity contribution is 5.18. The summed E-state index contributed by atoms with van der Waals surface area (Å²) in [6.07, 6.45) is 0.683. The van der Waals surface area contributed by atoms with Gasteiger partial charge in [-0.25, -0.2) is 4.39 Å². The maximum atomic E-state index is 13.7. The van der Waals surface area contributed by atoms with Crippen LogP contribution < -0.4 is 0 Å². The zero-order chi connectivity index (χ0) is 15.3. The zero-order valence-electron chi connectivity index (χ0n) is 12.8. The van der Waals surface area contributed by atoms with Gasteiger partial charge in [-0.3, -0.25) is 0 Å². The van der Waals surface area contributed by atoms with Crippen molar-refractivity contribution in [3.8, 4) is 0 Å². The molecule has 4 atom stereocenters. The van der Waals surface area contributed by atoms with Crippen molar-refractivity contribution in [2.24, 2.45) is 5.92 Å². The Bertz CT molecular complexity index is 533. The summed E-state index contributed by atoms with van der Waals surface area (Å²) in [6, 6.07) is 6.65. The van der Waals surface area contributed by atoms with Crippen LogP contribution >= 0.6 is 0 Å². The van der Waals surface area contributed by atoms with Crippen molar-refractivity contribution < 1.29 is 19.0 Å². The first-order valence-electron chi connectivity index (χ1n) is 7.61. The summed E-state index contributed by atoms with van der Waals surface area (Å²) in [4.78, 5) is 0. The topological polar surface area (TPSA) is 38.7 Å². The van der Waals surface area contributed by atoms with E-state index < -0.39 is 17.3 Å². The van der Waals surface area contributed by atoms with Gasteiger partial charge in [-0.15, -0.1) is 0 Å². The Labute approximate surface area is 125 Å². The molecule has 1 N–H and O–H groups in total. The minimum atomic E-state index is -0.519. The summed E-state index contributed by atoms with van der Waals surface area (Å²) >= 11 is 0. The Morgan fingerprint density at radius 2 is 2.10 bits per heavy atom. The summed E-state index contributed by atoms with van der Waals surface area (Å²) in [5.74, 6) is -0.0262. The van der Waals surface area contributed by atoms with Crippen molar-refractivity contribution in [3.05, 3.63) is 35.6 Å². The highest BCUT2D eigenvalue weighted by atomic mass is 19.1. The Morgan fingerprint density at radius 1 is 1.38 bits per heavy atom. The summed E-state index contributed by atoms with van der Waals surface area (Å²) < 4.78 is 25.8. The summed E-state index contributed by atoms with van der Waals surface area (Å²) in [5.41, 5.74) is -0.438. The maximum absolute atomic E-state index is 13.7. The average Bonchev–Trinajstić information content (AvgIpc) is 2.86. The average molecular weight is 294 g/mol. The molecule has 4 heteroatoms. The second kappa shape index (κ2) is 5.04. The lowest BCUT2D eigenvalue weighted by Crippen LogP contribution is -2.47. The normalized spacial score (nSPS) is 38.4. The first kappa shape index (κ1) is 14.9. The molecule has 0 aromatic heterocycles. The molecule has 2 heterocycles. The van der Waals surface area contributed by atoms with Gasteiger partial charge in [0.1, 0.15) is 5.82 Å². The third-order valence-electron chi connectivity index (χ3n) is 5.15. The molecule has 0 amide bonds. The fourth-order valence-corrected chi connectivity index (χ4v) is 3.76. The molecule has 1 aromatic carbocycles. The van der Waals surface area contributed by atoms with Gasteiger partial charge in [-0.05, 0) is 18.9 Å². The Balaban J connectivity index is 1.73. The van der Waals surface area contributed by atoms with Crippen molar-refractivity contribution in [2.45, 2.75) is 63.6 Å². The molecular weight excluding hydrogens is 271 g/mol. The van der Waals surface area contributed by atoms with E-state index in [0.29, 0.717) is 18.4 Å². The van der Waals surface area contributed by atoms with E-state index in [9.17, 15) is 9.50 Å². The number of rotatable bonds is 4. The first-order chi connectivity index (χ1) is 9.87. The Morgan fingerprint density at radius 3 is 2.71 bits per heavy atom. The lowest BCUT2D eigenvalue weighted by Gasteiger charge is -2.35. The third kappa shape index (κ3) is 2.30. The van der Waals surface area contributed by atoms with Crippen LogP contribution in [-0.2, 0) is 16.1 Å². The van der Waals surface area contributed by atoms with Crippen molar-refractivity contribution >= 4 is 0 Å². The largest absolute Gasteiger partial charge is 0.390 e. The molecule has 2 fully saturated rings. The van der Waals surface area contributed by atoms with E-state index in [2.05, 4.69) is 13.8 Å². The van der Waals surface area contributed by atoms with Crippen LogP contribution in [0, 0.1) is 11.7 Å². The maximum Gasteiger partial charge on any atom is 0.128 e. The molecule has 2 aliphatic heterocycles. The molecule has 0 radical (unpaired) electrons. The number of halogens is 1. The first-order valence-corrected chi connectivity index (χ1v) is 7.61. The van der Waals surface area contributed by atoms with Crippen LogP contribution in [0.2, 0.25) is 0 Å². The number of aliphatic hydroxyl groups excluding tert-OH is 1. The lowest BCUT2D eigenvalue weighted by molar-refractivity contribution is -0.107. The minimum absolute atomic E-state index is 0.108. The summed E-state index contributed by atoms with van der Waals surface area (Å²) in [5, 5.41) is 10.3. The van der Waals surface area contributed by atoms with Crippen LogP contribution in [0.4, 0.5) is 4.39 Å². The molecule has 1 aromatic rings. The number of aliphatic hydroxyl groups is 1. The van der Waals surface area contributed by atoms with Gasteiger partial charge < -0.3 is 14.6 Å². The molecule has 2 saturated heterocycles. The van der Waals surface area contributed by atoms with Crippen LogP contribution in [0.5, 0.6) is 0 Å². The van der Waals surface area contributed by atoms with E-state index in [4.69, 9.17) is 9.47 Å². The van der Waals surface area contributed by atoms with Gasteiger partial charge in [0.05, 0.1) is 30.0 Å². The predicted octanol–water partition coefficient (Wildman–Crippen LogP) is 3.05. The van der Waals surface area contributed by atoms with E-state index in [0.717, 1.165) is 0 Å². The number of ether oxygens (including phenoxy) is 2. The van der Waals surface area contributed by atoms with Crippen LogP contribution in [0.15, 0.2) is 24.3 Å². The highest BCUT2D eigenvalue weighted by Gasteiger charge is 2.65. The van der Waals surface area contributed by atoms with Crippen molar-refractivity contribution in [3.63, 3.8) is 0 Å². The number of hydrogen-bond acceptors (Lipinski definition) is 3. The monoisotopic (exact) mass is 294 g/mol. The molecule has 0 saturated carbocycles. The van der Waals surface area contributed by atoms with Gasteiger partial charge in [0.15, 0.2) is 0 Å². The standard InChI is InChI=1S/C17H23FO3/c1-11(2)17-9-15(16(3,21-17)8-14(17)19)20-10-12-6-4-5-7-13(12)18/h4-7,11,14-15,19H,8-10H2,1-3H3/t14-,15+,16-,17+/m0/s1. The third-order valence-corrected chi connectivity index (χ3v) is 5.15. The second-order valence-corrected chi connectivity index (χ2v) is 6.84. The van der Waals surface area contributed by atoms with Gasteiger partial charge in [0, 0.05) is 18.4 Å². The van der Waals surface area contributed by atoms with Gasteiger partial charge in [0.2, 0.25) is 0 Å². The van der Waals surface area contributed by atoms with E-state index >= 15 is 0 Å². The van der Waals surface area contributed by atoms with Crippen LogP contribution in [-0.4, -0.2) is 28.5 Å². The van der Waals surface area contributed by atoms with Crippen molar-refractivity contribution in [1.29, 1.82) is 0 Å². The second-order valence-electron chi connectivity index (χ2n) is 6.84. The Hall–Kier alpha value is -0.970. The number of fused-ring (bicyclic) bond motifs is 2. The lowest BCUT2D eigenvalue weighted by atomic mass is 9.73. The van der Waals surface area contributed by atoms with Gasteiger partial charge in [-0.1, -0.05) is 32.0 Å².